The minimum atomic E-state index is 0.00354. The van der Waals surface area contributed by atoms with Crippen molar-refractivity contribution in [2.24, 2.45) is 0 Å². The average molecular weight is 473 g/mol. The van der Waals surface area contributed by atoms with E-state index in [2.05, 4.69) is 15.2 Å². The zero-order valence-corrected chi connectivity index (χ0v) is 18.9. The number of nitrogens with zero attached hydrogens (tertiary/aromatic N) is 4. The lowest BCUT2D eigenvalue weighted by molar-refractivity contribution is 0.102. The van der Waals surface area contributed by atoms with Crippen LogP contribution >= 0.6 is 35.0 Å². The van der Waals surface area contributed by atoms with E-state index in [0.717, 1.165) is 5.39 Å². The highest BCUT2D eigenvalue weighted by atomic mass is 35.5. The van der Waals surface area contributed by atoms with Gasteiger partial charge in [0.2, 0.25) is 0 Å². The molecule has 4 rings (SSSR count). The number of hydrogen-bond donors (Lipinski definition) is 0. The first-order valence-corrected chi connectivity index (χ1v) is 11.3. The molecule has 2 aromatic heterocycles. The van der Waals surface area contributed by atoms with Crippen LogP contribution in [0.1, 0.15) is 23.1 Å². The number of pyridine rings is 1. The third kappa shape index (κ3) is 4.84. The lowest BCUT2D eigenvalue weighted by Crippen LogP contribution is -2.08. The summed E-state index contributed by atoms with van der Waals surface area (Å²) in [6, 6.07) is 14.2. The van der Waals surface area contributed by atoms with Gasteiger partial charge < -0.3 is 9.30 Å². The number of thioether (sulfide) groups is 1. The minimum Gasteiger partial charge on any atom is -0.483 e. The van der Waals surface area contributed by atoms with Crippen LogP contribution in [0.4, 0.5) is 0 Å². The molecule has 6 nitrogen and oxygen atoms in total. The number of Topliss-reactive ketones (excluding diaryl/α,β-unsaturated/α-hetero) is 1. The van der Waals surface area contributed by atoms with Crippen LogP contribution in [-0.4, -0.2) is 31.3 Å². The Kier molecular flexibility index (Phi) is 6.75. The Hall–Kier alpha value is -2.61. The minimum absolute atomic E-state index is 0.00354. The second kappa shape index (κ2) is 9.68. The maximum Gasteiger partial charge on any atom is 0.191 e. The summed E-state index contributed by atoms with van der Waals surface area (Å²) in [6.45, 7) is 2.87. The molecule has 2 aromatic carbocycles. The van der Waals surface area contributed by atoms with E-state index < -0.39 is 0 Å². The molecule has 0 amide bonds. The third-order valence-corrected chi connectivity index (χ3v) is 6.19. The highest BCUT2D eigenvalue weighted by molar-refractivity contribution is 7.99. The van der Waals surface area contributed by atoms with Crippen LogP contribution in [0.3, 0.4) is 0 Å². The topological polar surface area (TPSA) is 69.9 Å². The number of fused-ring (bicyclic) bond motifs is 1. The van der Waals surface area contributed by atoms with Crippen molar-refractivity contribution < 1.29 is 9.53 Å². The predicted molar refractivity (Wildman–Crippen MR) is 123 cm³/mol. The largest absolute Gasteiger partial charge is 0.483 e. The fourth-order valence-electron chi connectivity index (χ4n) is 3.07. The van der Waals surface area contributed by atoms with E-state index in [1.165, 1.54) is 11.8 Å². The molecule has 4 aromatic rings. The maximum absolute atomic E-state index is 12.4. The van der Waals surface area contributed by atoms with Crippen molar-refractivity contribution in [1.29, 1.82) is 0 Å². The summed E-state index contributed by atoms with van der Waals surface area (Å²) in [5.74, 6) is 1.55. The molecular weight excluding hydrogens is 455 g/mol. The van der Waals surface area contributed by atoms with Gasteiger partial charge in [0.1, 0.15) is 17.9 Å². The van der Waals surface area contributed by atoms with E-state index in [1.54, 1.807) is 42.6 Å². The molecule has 158 valence electrons. The van der Waals surface area contributed by atoms with E-state index in [0.29, 0.717) is 44.4 Å². The first kappa shape index (κ1) is 21.6. The first-order valence-electron chi connectivity index (χ1n) is 9.56. The molecule has 2 heterocycles. The fraction of sp³-hybridized carbons (Fsp3) is 0.182. The zero-order valence-electron chi connectivity index (χ0n) is 16.6. The van der Waals surface area contributed by atoms with E-state index >= 15 is 0 Å². The predicted octanol–water partition coefficient (Wildman–Crippen LogP) is 5.71. The quantitative estimate of drug-likeness (QED) is 0.241. The number of carbonyl (C=O) groups excluding carboxylic acids is 1. The summed E-state index contributed by atoms with van der Waals surface area (Å²) >= 11 is 13.5. The van der Waals surface area contributed by atoms with Gasteiger partial charge in [-0.05, 0) is 55.5 Å². The summed E-state index contributed by atoms with van der Waals surface area (Å²) in [6.07, 6.45) is 1.70. The van der Waals surface area contributed by atoms with Gasteiger partial charge in [-0.3, -0.25) is 9.78 Å². The molecule has 0 radical (unpaired) electrons. The molecule has 0 aliphatic rings. The van der Waals surface area contributed by atoms with Gasteiger partial charge in [0.15, 0.2) is 16.8 Å². The van der Waals surface area contributed by atoms with Gasteiger partial charge in [-0.15, -0.1) is 10.2 Å². The number of benzene rings is 2. The van der Waals surface area contributed by atoms with Crippen molar-refractivity contribution in [3.05, 3.63) is 76.2 Å². The van der Waals surface area contributed by atoms with E-state index in [1.807, 2.05) is 23.6 Å². The summed E-state index contributed by atoms with van der Waals surface area (Å²) in [7, 11) is 0. The molecule has 0 fully saturated rings. The van der Waals surface area contributed by atoms with Crippen LogP contribution in [0.2, 0.25) is 10.0 Å². The SMILES string of the molecule is CCn1c(COc2ccc(Cl)c3cccnc23)nnc1SCC(=O)c1ccc(Cl)cc1. The second-order valence-electron chi connectivity index (χ2n) is 6.60. The van der Waals surface area contributed by atoms with Crippen LogP contribution in [-0.2, 0) is 13.2 Å². The lowest BCUT2D eigenvalue weighted by Gasteiger charge is -2.11. The number of halogens is 2. The van der Waals surface area contributed by atoms with E-state index in [-0.39, 0.29) is 18.1 Å². The number of carbonyl (C=O) groups is 1. The average Bonchev–Trinajstić information content (AvgIpc) is 3.19. The van der Waals surface area contributed by atoms with Crippen molar-refractivity contribution in [1.82, 2.24) is 19.7 Å². The van der Waals surface area contributed by atoms with Gasteiger partial charge in [-0.1, -0.05) is 35.0 Å². The highest BCUT2D eigenvalue weighted by Crippen LogP contribution is 2.30. The van der Waals surface area contributed by atoms with Gasteiger partial charge in [0.05, 0.1) is 10.8 Å². The highest BCUT2D eigenvalue weighted by Gasteiger charge is 2.15. The smallest absolute Gasteiger partial charge is 0.191 e. The zero-order chi connectivity index (χ0) is 21.8. The van der Waals surface area contributed by atoms with Gasteiger partial charge in [-0.2, -0.15) is 0 Å². The van der Waals surface area contributed by atoms with Gasteiger partial charge in [0, 0.05) is 28.7 Å². The van der Waals surface area contributed by atoms with E-state index in [9.17, 15) is 4.79 Å². The lowest BCUT2D eigenvalue weighted by atomic mass is 10.1. The molecule has 0 N–H and O–H groups in total. The first-order chi connectivity index (χ1) is 15.1. The van der Waals surface area contributed by atoms with Crippen LogP contribution < -0.4 is 4.74 Å². The van der Waals surface area contributed by atoms with E-state index in [4.69, 9.17) is 27.9 Å². The number of hydrogen-bond acceptors (Lipinski definition) is 6. The monoisotopic (exact) mass is 472 g/mol. The maximum atomic E-state index is 12.4. The Morgan fingerprint density at radius 2 is 1.90 bits per heavy atom. The van der Waals surface area contributed by atoms with Crippen LogP contribution in [0.5, 0.6) is 5.75 Å². The molecule has 0 unspecified atom stereocenters. The number of ketones is 1. The Labute approximate surface area is 193 Å². The van der Waals surface area contributed by atoms with Gasteiger partial charge in [-0.25, -0.2) is 0 Å². The van der Waals surface area contributed by atoms with Gasteiger partial charge >= 0.3 is 0 Å². The number of ether oxygens (including phenoxy) is 1. The Morgan fingerprint density at radius 3 is 2.68 bits per heavy atom. The van der Waals surface area contributed by atoms with Crippen LogP contribution in [0.25, 0.3) is 10.9 Å². The third-order valence-electron chi connectivity index (χ3n) is 4.64. The van der Waals surface area contributed by atoms with Crippen molar-refractivity contribution in [2.75, 3.05) is 5.75 Å². The summed E-state index contributed by atoms with van der Waals surface area (Å²) in [4.78, 5) is 16.8. The van der Waals surface area contributed by atoms with Crippen molar-refractivity contribution in [2.45, 2.75) is 25.2 Å². The Balaban J connectivity index is 1.46. The normalized spacial score (nSPS) is 11.1. The summed E-state index contributed by atoms with van der Waals surface area (Å²) in [5.41, 5.74) is 1.31. The molecule has 0 spiro atoms. The molecule has 0 atom stereocenters. The Bertz CT molecular complexity index is 1230. The molecule has 9 heteroatoms. The van der Waals surface area contributed by atoms with Crippen molar-refractivity contribution in [3.8, 4) is 5.75 Å². The van der Waals surface area contributed by atoms with Crippen molar-refractivity contribution in [3.63, 3.8) is 0 Å². The number of rotatable bonds is 8. The van der Waals surface area contributed by atoms with Crippen LogP contribution in [0, 0.1) is 0 Å². The van der Waals surface area contributed by atoms with Gasteiger partial charge in [0.25, 0.3) is 0 Å². The molecule has 0 saturated heterocycles. The standard InChI is InChI=1S/C22H18Cl2N4O2S/c1-2-28-20(12-30-19-10-9-17(24)16-4-3-11-25-21(16)19)26-27-22(28)31-13-18(29)14-5-7-15(23)8-6-14/h3-11H,2,12-13H2,1H3. The van der Waals surface area contributed by atoms with Crippen LogP contribution in [0.15, 0.2) is 59.9 Å². The summed E-state index contributed by atoms with van der Waals surface area (Å²) in [5, 5.41) is 11.2. The molecule has 31 heavy (non-hydrogen) atoms. The second-order valence-corrected chi connectivity index (χ2v) is 8.38. The molecule has 0 saturated carbocycles. The number of aromatic nitrogens is 4. The summed E-state index contributed by atoms with van der Waals surface area (Å²) < 4.78 is 7.92. The fourth-order valence-corrected chi connectivity index (χ4v) is 4.33. The Morgan fingerprint density at radius 1 is 1.10 bits per heavy atom. The molecular formula is C22H18Cl2N4O2S. The molecule has 0 aliphatic carbocycles. The van der Waals surface area contributed by atoms with Crippen molar-refractivity contribution >= 4 is 51.6 Å². The molecule has 0 bridgehead atoms. The molecule has 0 aliphatic heterocycles.